The van der Waals surface area contributed by atoms with Crippen molar-refractivity contribution in [3.8, 4) is 0 Å². The third-order valence-electron chi connectivity index (χ3n) is 3.83. The summed E-state index contributed by atoms with van der Waals surface area (Å²) >= 11 is 0. The lowest BCUT2D eigenvalue weighted by Crippen LogP contribution is -2.35. The molecule has 1 aliphatic rings. The fourth-order valence-corrected chi connectivity index (χ4v) is 2.72. The minimum Gasteiger partial charge on any atom is -0.380 e. The first-order chi connectivity index (χ1) is 8.09. The Hall–Kier alpha value is -1.02. The van der Waals surface area contributed by atoms with Crippen LogP contribution < -0.4 is 11.1 Å². The second-order valence-electron chi connectivity index (χ2n) is 5.54. The van der Waals surface area contributed by atoms with E-state index in [0.717, 1.165) is 6.42 Å². The zero-order valence-corrected chi connectivity index (χ0v) is 11.2. The maximum atomic E-state index is 6.14. The molecule has 2 nitrogen and oxygen atoms in total. The molecule has 0 aromatic heterocycles. The van der Waals surface area contributed by atoms with Crippen molar-refractivity contribution in [2.24, 2.45) is 5.73 Å². The van der Waals surface area contributed by atoms with Gasteiger partial charge in [0.25, 0.3) is 0 Å². The average molecular weight is 232 g/mol. The van der Waals surface area contributed by atoms with E-state index < -0.39 is 0 Å². The molecule has 2 rings (SSSR count). The van der Waals surface area contributed by atoms with Crippen molar-refractivity contribution >= 4 is 5.69 Å². The molecule has 0 heterocycles. The maximum Gasteiger partial charge on any atom is 0.0412 e. The molecule has 1 aliphatic carbocycles. The summed E-state index contributed by atoms with van der Waals surface area (Å²) in [6.45, 7) is 6.66. The molecule has 2 heteroatoms. The van der Waals surface area contributed by atoms with Crippen LogP contribution in [0.1, 0.15) is 50.2 Å². The van der Waals surface area contributed by atoms with Gasteiger partial charge in [0.15, 0.2) is 0 Å². The molecule has 0 amide bonds. The summed E-state index contributed by atoms with van der Waals surface area (Å²) in [5.41, 5.74) is 10.2. The summed E-state index contributed by atoms with van der Waals surface area (Å²) in [5.74, 6) is 0.551. The number of rotatable bonds is 3. The predicted molar refractivity (Wildman–Crippen MR) is 74.5 cm³/mol. The van der Waals surface area contributed by atoms with E-state index in [1.54, 1.807) is 0 Å². The molecule has 2 unspecified atom stereocenters. The Morgan fingerprint density at radius 1 is 1.29 bits per heavy atom. The first-order valence-corrected chi connectivity index (χ1v) is 6.71. The van der Waals surface area contributed by atoms with Crippen LogP contribution in [-0.2, 0) is 0 Å². The van der Waals surface area contributed by atoms with Gasteiger partial charge in [-0.25, -0.2) is 0 Å². The van der Waals surface area contributed by atoms with E-state index in [9.17, 15) is 0 Å². The van der Waals surface area contributed by atoms with E-state index in [0.29, 0.717) is 18.0 Å². The summed E-state index contributed by atoms with van der Waals surface area (Å²) in [5, 5.41) is 3.68. The van der Waals surface area contributed by atoms with Gasteiger partial charge in [-0.3, -0.25) is 0 Å². The molecule has 2 atom stereocenters. The van der Waals surface area contributed by atoms with Crippen LogP contribution in [0.25, 0.3) is 0 Å². The van der Waals surface area contributed by atoms with Crippen LogP contribution in [0, 0.1) is 6.92 Å². The van der Waals surface area contributed by atoms with E-state index in [2.05, 4.69) is 44.3 Å². The molecule has 1 aromatic carbocycles. The molecule has 0 bridgehead atoms. The van der Waals surface area contributed by atoms with E-state index in [4.69, 9.17) is 5.73 Å². The van der Waals surface area contributed by atoms with Crippen LogP contribution in [0.4, 0.5) is 5.69 Å². The molecule has 1 aromatic rings. The SMILES string of the molecule is Cc1cccc(C(C)C)c1NC1CCCC1N. The van der Waals surface area contributed by atoms with Crippen LogP contribution in [0.3, 0.4) is 0 Å². The normalized spacial score (nSPS) is 24.3. The largest absolute Gasteiger partial charge is 0.380 e. The third kappa shape index (κ3) is 2.63. The van der Waals surface area contributed by atoms with Crippen molar-refractivity contribution in [2.75, 3.05) is 5.32 Å². The lowest BCUT2D eigenvalue weighted by atomic mass is 9.97. The Labute approximate surface area is 105 Å². The lowest BCUT2D eigenvalue weighted by Gasteiger charge is -2.24. The van der Waals surface area contributed by atoms with Crippen molar-refractivity contribution in [2.45, 2.75) is 58.0 Å². The topological polar surface area (TPSA) is 38.0 Å². The van der Waals surface area contributed by atoms with Gasteiger partial charge in [-0.2, -0.15) is 0 Å². The molecule has 0 radical (unpaired) electrons. The number of benzene rings is 1. The second-order valence-corrected chi connectivity index (χ2v) is 5.54. The standard InChI is InChI=1S/C15H24N2/c1-10(2)12-7-4-6-11(3)15(12)17-14-9-5-8-13(14)16/h4,6-7,10,13-14,17H,5,8-9,16H2,1-3H3. The molecule has 0 saturated heterocycles. The van der Waals surface area contributed by atoms with Crippen molar-refractivity contribution in [3.63, 3.8) is 0 Å². The van der Waals surface area contributed by atoms with Crippen molar-refractivity contribution in [1.82, 2.24) is 0 Å². The predicted octanol–water partition coefficient (Wildman–Crippen LogP) is 3.41. The van der Waals surface area contributed by atoms with Crippen LogP contribution in [0.15, 0.2) is 18.2 Å². The van der Waals surface area contributed by atoms with Gasteiger partial charge in [-0.15, -0.1) is 0 Å². The van der Waals surface area contributed by atoms with Gasteiger partial charge >= 0.3 is 0 Å². The van der Waals surface area contributed by atoms with Gasteiger partial charge in [0.1, 0.15) is 0 Å². The summed E-state index contributed by atoms with van der Waals surface area (Å²) in [6.07, 6.45) is 3.61. The number of hydrogen-bond donors (Lipinski definition) is 2. The lowest BCUT2D eigenvalue weighted by molar-refractivity contribution is 0.636. The Bertz CT molecular complexity index is 385. The Morgan fingerprint density at radius 3 is 2.65 bits per heavy atom. The second kappa shape index (κ2) is 5.09. The average Bonchev–Trinajstić information content (AvgIpc) is 2.67. The highest BCUT2D eigenvalue weighted by Gasteiger charge is 2.24. The fourth-order valence-electron chi connectivity index (χ4n) is 2.72. The highest BCUT2D eigenvalue weighted by molar-refractivity contribution is 5.59. The number of para-hydroxylation sites is 1. The first kappa shape index (κ1) is 12.4. The van der Waals surface area contributed by atoms with Crippen LogP contribution >= 0.6 is 0 Å². The molecule has 0 aliphatic heterocycles. The number of aryl methyl sites for hydroxylation is 1. The molecule has 3 N–H and O–H groups in total. The molecule has 1 fully saturated rings. The zero-order valence-electron chi connectivity index (χ0n) is 11.2. The summed E-state index contributed by atoms with van der Waals surface area (Å²) in [4.78, 5) is 0. The number of nitrogens with two attached hydrogens (primary N) is 1. The van der Waals surface area contributed by atoms with Crippen molar-refractivity contribution in [3.05, 3.63) is 29.3 Å². The van der Waals surface area contributed by atoms with Gasteiger partial charge in [0.05, 0.1) is 0 Å². The van der Waals surface area contributed by atoms with E-state index in [1.807, 2.05) is 0 Å². The Kier molecular flexibility index (Phi) is 3.72. The van der Waals surface area contributed by atoms with Crippen LogP contribution in [0.5, 0.6) is 0 Å². The highest BCUT2D eigenvalue weighted by atomic mass is 15.0. The monoisotopic (exact) mass is 232 g/mol. The number of nitrogens with one attached hydrogen (secondary N) is 1. The minimum absolute atomic E-state index is 0.314. The van der Waals surface area contributed by atoms with Crippen LogP contribution in [0.2, 0.25) is 0 Å². The Balaban J connectivity index is 2.24. The van der Waals surface area contributed by atoms with Crippen molar-refractivity contribution < 1.29 is 0 Å². The quantitative estimate of drug-likeness (QED) is 0.838. The number of anilines is 1. The molecule has 94 valence electrons. The van der Waals surface area contributed by atoms with Gasteiger partial charge in [0, 0.05) is 17.8 Å². The number of hydrogen-bond acceptors (Lipinski definition) is 2. The Morgan fingerprint density at radius 2 is 2.06 bits per heavy atom. The maximum absolute atomic E-state index is 6.14. The molecular weight excluding hydrogens is 208 g/mol. The molecule has 1 saturated carbocycles. The van der Waals surface area contributed by atoms with Crippen molar-refractivity contribution in [1.29, 1.82) is 0 Å². The fraction of sp³-hybridized carbons (Fsp3) is 0.600. The molecular formula is C15H24N2. The van der Waals surface area contributed by atoms with Gasteiger partial charge < -0.3 is 11.1 Å². The summed E-state index contributed by atoms with van der Waals surface area (Å²) < 4.78 is 0. The van der Waals surface area contributed by atoms with E-state index >= 15 is 0 Å². The van der Waals surface area contributed by atoms with Crippen LogP contribution in [-0.4, -0.2) is 12.1 Å². The minimum atomic E-state index is 0.314. The summed E-state index contributed by atoms with van der Waals surface area (Å²) in [7, 11) is 0. The van der Waals surface area contributed by atoms with Gasteiger partial charge in [-0.1, -0.05) is 32.0 Å². The molecule has 17 heavy (non-hydrogen) atoms. The highest BCUT2D eigenvalue weighted by Crippen LogP contribution is 2.30. The van der Waals surface area contributed by atoms with E-state index in [-0.39, 0.29) is 0 Å². The molecule has 0 spiro atoms. The summed E-state index contributed by atoms with van der Waals surface area (Å²) in [6, 6.07) is 7.31. The smallest absolute Gasteiger partial charge is 0.0412 e. The zero-order chi connectivity index (χ0) is 12.4. The van der Waals surface area contributed by atoms with E-state index in [1.165, 1.54) is 29.7 Å². The van der Waals surface area contributed by atoms with Gasteiger partial charge in [0.2, 0.25) is 0 Å². The van der Waals surface area contributed by atoms with Gasteiger partial charge in [-0.05, 0) is 43.2 Å². The first-order valence-electron chi connectivity index (χ1n) is 6.71. The third-order valence-corrected chi connectivity index (χ3v) is 3.83.